The van der Waals surface area contributed by atoms with Crippen molar-refractivity contribution in [2.75, 3.05) is 7.11 Å². The van der Waals surface area contributed by atoms with Gasteiger partial charge < -0.3 is 9.84 Å². The predicted octanol–water partition coefficient (Wildman–Crippen LogP) is -0.151. The van der Waals surface area contributed by atoms with Crippen LogP contribution in [0.3, 0.4) is 0 Å². The number of hydrogen-bond donors (Lipinski definition) is 2. The molecular weight excluding hydrogens is 174 g/mol. The number of carbonyl (C=O) groups excluding carboxylic acids is 1. The minimum atomic E-state index is -0.682. The summed E-state index contributed by atoms with van der Waals surface area (Å²) in [5.74, 6) is -0.641. The van der Waals surface area contributed by atoms with Crippen molar-refractivity contribution in [3.63, 3.8) is 0 Å². The average molecular weight is 186 g/mol. The Morgan fingerprint density at radius 1 is 1.69 bits per heavy atom. The average Bonchev–Trinajstić information content (AvgIpc) is 2.47. The van der Waals surface area contributed by atoms with E-state index in [1.165, 1.54) is 7.11 Å². The summed E-state index contributed by atoms with van der Waals surface area (Å²) in [5.41, 5.74) is 6.51. The second kappa shape index (κ2) is 4.11. The molecule has 0 aromatic heterocycles. The maximum absolute atomic E-state index is 11.1. The molecule has 0 radical (unpaired) electrons. The van der Waals surface area contributed by atoms with Crippen LogP contribution in [0.4, 0.5) is 0 Å². The van der Waals surface area contributed by atoms with Gasteiger partial charge in [0.05, 0.1) is 19.1 Å². The Bertz CT molecular complexity index is 249. The number of nitrogens with zero attached hydrogens (tertiary/aromatic N) is 2. The van der Waals surface area contributed by atoms with E-state index in [1.807, 2.05) is 0 Å². The summed E-state index contributed by atoms with van der Waals surface area (Å²) in [6, 6.07) is -0.429. The van der Waals surface area contributed by atoms with Gasteiger partial charge in [-0.2, -0.15) is 0 Å². The zero-order valence-electron chi connectivity index (χ0n) is 7.30. The Kier molecular flexibility index (Phi) is 3.11. The Balaban J connectivity index is 2.59. The topological polar surface area (TPSA) is 96.8 Å². The van der Waals surface area contributed by atoms with Crippen molar-refractivity contribution in [3.8, 4) is 0 Å². The largest absolute Gasteiger partial charge is 0.469 e. The lowest BCUT2D eigenvalue weighted by Crippen LogP contribution is -2.16. The van der Waals surface area contributed by atoms with Crippen LogP contribution in [0.15, 0.2) is 5.11 Å². The standard InChI is InChI=1S/C7H12N3O3/c1-13-7(12)4-2-5(9-10-8)6(11)3-4/h4-6,8,11H,2-3H2,1H3/q+1/t4?,5-,6-/m0/s1. The van der Waals surface area contributed by atoms with Crippen LogP contribution in [0.25, 0.3) is 0 Å². The molecule has 1 aliphatic carbocycles. The monoisotopic (exact) mass is 186 g/mol. The first-order valence-electron chi connectivity index (χ1n) is 4.01. The molecule has 6 heteroatoms. The van der Waals surface area contributed by atoms with Gasteiger partial charge in [0, 0.05) is 0 Å². The van der Waals surface area contributed by atoms with Crippen molar-refractivity contribution >= 4 is 5.97 Å². The molecule has 1 aliphatic rings. The molecule has 0 saturated heterocycles. The Morgan fingerprint density at radius 2 is 2.38 bits per heavy atom. The third-order valence-electron chi connectivity index (χ3n) is 2.24. The fraction of sp³-hybridized carbons (Fsp3) is 0.857. The molecule has 1 saturated carbocycles. The smallest absolute Gasteiger partial charge is 0.308 e. The summed E-state index contributed by atoms with van der Waals surface area (Å²) in [6.45, 7) is 0. The highest BCUT2D eigenvalue weighted by Gasteiger charge is 2.40. The van der Waals surface area contributed by atoms with E-state index in [0.29, 0.717) is 12.8 Å². The van der Waals surface area contributed by atoms with E-state index >= 15 is 0 Å². The summed E-state index contributed by atoms with van der Waals surface area (Å²) in [6.07, 6.45) is 0.0743. The molecule has 6 nitrogen and oxygen atoms in total. The van der Waals surface area contributed by atoms with Gasteiger partial charge in [-0.25, -0.2) is 0 Å². The first kappa shape index (κ1) is 9.83. The summed E-state index contributed by atoms with van der Waals surface area (Å²) in [4.78, 5) is 13.9. The minimum absolute atomic E-state index is 0.310. The number of rotatable bonds is 2. The summed E-state index contributed by atoms with van der Waals surface area (Å²) < 4.78 is 4.54. The van der Waals surface area contributed by atoms with Gasteiger partial charge in [0.2, 0.25) is 4.91 Å². The highest BCUT2D eigenvalue weighted by Crippen LogP contribution is 2.28. The zero-order chi connectivity index (χ0) is 9.84. The maximum Gasteiger partial charge on any atom is 0.308 e. The van der Waals surface area contributed by atoms with Crippen LogP contribution >= 0.6 is 0 Å². The predicted molar refractivity (Wildman–Crippen MR) is 41.8 cm³/mol. The quantitative estimate of drug-likeness (QED) is 0.356. The van der Waals surface area contributed by atoms with E-state index in [2.05, 4.69) is 14.8 Å². The Hall–Kier alpha value is -1.26. The Labute approximate surface area is 75.1 Å². The molecule has 0 aromatic carbocycles. The third kappa shape index (κ3) is 2.11. The van der Waals surface area contributed by atoms with Crippen LogP contribution in [0.2, 0.25) is 0 Å². The maximum atomic E-state index is 11.1. The number of carbonyl (C=O) groups is 1. The summed E-state index contributed by atoms with van der Waals surface area (Å²) >= 11 is 0. The molecule has 1 unspecified atom stereocenters. The first-order valence-corrected chi connectivity index (χ1v) is 4.01. The molecule has 2 N–H and O–H groups in total. The Morgan fingerprint density at radius 3 is 2.92 bits per heavy atom. The second-order valence-corrected chi connectivity index (χ2v) is 3.04. The molecule has 0 spiro atoms. The summed E-state index contributed by atoms with van der Waals surface area (Å²) in [5, 5.41) is 12.9. The fourth-order valence-corrected chi connectivity index (χ4v) is 1.55. The zero-order valence-corrected chi connectivity index (χ0v) is 7.30. The number of esters is 1. The molecule has 0 amide bonds. The third-order valence-corrected chi connectivity index (χ3v) is 2.24. The number of aliphatic hydroxyl groups is 1. The molecule has 3 atom stereocenters. The van der Waals surface area contributed by atoms with Gasteiger partial charge in [-0.05, 0) is 12.8 Å². The van der Waals surface area contributed by atoms with Crippen LogP contribution in [0, 0.1) is 11.4 Å². The number of ether oxygens (including phenoxy) is 1. The summed E-state index contributed by atoms with van der Waals surface area (Å²) in [7, 11) is 1.31. The molecule has 72 valence electrons. The second-order valence-electron chi connectivity index (χ2n) is 3.04. The first-order chi connectivity index (χ1) is 6.19. The van der Waals surface area contributed by atoms with Gasteiger partial charge in [-0.3, -0.25) is 4.79 Å². The van der Waals surface area contributed by atoms with Crippen LogP contribution in [0.5, 0.6) is 0 Å². The van der Waals surface area contributed by atoms with Gasteiger partial charge >= 0.3 is 5.97 Å². The van der Waals surface area contributed by atoms with Crippen molar-refractivity contribution in [1.29, 1.82) is 5.53 Å². The van der Waals surface area contributed by atoms with E-state index in [1.54, 1.807) is 0 Å². The molecule has 0 bridgehead atoms. The lowest BCUT2D eigenvalue weighted by Gasteiger charge is -2.03. The van der Waals surface area contributed by atoms with Crippen molar-refractivity contribution in [2.45, 2.75) is 25.0 Å². The van der Waals surface area contributed by atoms with Crippen molar-refractivity contribution < 1.29 is 14.6 Å². The highest BCUT2D eigenvalue weighted by atomic mass is 16.5. The van der Waals surface area contributed by atoms with Gasteiger partial charge in [-0.15, -0.1) is 0 Å². The number of aliphatic hydroxyl groups excluding tert-OH is 1. The van der Waals surface area contributed by atoms with E-state index in [-0.39, 0.29) is 11.9 Å². The number of nitrogens with one attached hydrogen (secondary N) is 1. The molecule has 0 heterocycles. The highest BCUT2D eigenvalue weighted by molar-refractivity contribution is 5.72. The number of methoxy groups -OCH3 is 1. The normalized spacial score (nSPS) is 32.3. The van der Waals surface area contributed by atoms with Crippen LogP contribution in [-0.2, 0) is 9.53 Å². The molecule has 0 aliphatic heterocycles. The van der Waals surface area contributed by atoms with E-state index < -0.39 is 12.1 Å². The van der Waals surface area contributed by atoms with Gasteiger partial charge in [0.15, 0.2) is 6.04 Å². The molecule has 1 rings (SSSR count). The van der Waals surface area contributed by atoms with E-state index in [0.717, 1.165) is 0 Å². The van der Waals surface area contributed by atoms with Crippen molar-refractivity contribution in [2.24, 2.45) is 11.0 Å². The van der Waals surface area contributed by atoms with Gasteiger partial charge in [-0.1, -0.05) is 0 Å². The molecular formula is C7H12N3O3+. The lowest BCUT2D eigenvalue weighted by molar-refractivity contribution is -0.145. The minimum Gasteiger partial charge on any atom is -0.469 e. The van der Waals surface area contributed by atoms with E-state index in [4.69, 9.17) is 5.53 Å². The van der Waals surface area contributed by atoms with Crippen LogP contribution in [-0.4, -0.2) is 30.3 Å². The SMILES string of the molecule is COC(=O)C1C[C@H](N=[N+]=N)[C@@H](O)C1. The van der Waals surface area contributed by atoms with E-state index in [9.17, 15) is 9.90 Å². The lowest BCUT2D eigenvalue weighted by atomic mass is 10.1. The molecule has 0 aromatic rings. The van der Waals surface area contributed by atoms with Crippen LogP contribution in [0.1, 0.15) is 12.8 Å². The number of hydrogen-bond acceptors (Lipinski definition) is 5. The van der Waals surface area contributed by atoms with Crippen LogP contribution < -0.4 is 4.91 Å². The van der Waals surface area contributed by atoms with Crippen molar-refractivity contribution in [1.82, 2.24) is 4.91 Å². The van der Waals surface area contributed by atoms with Crippen molar-refractivity contribution in [3.05, 3.63) is 0 Å². The fourth-order valence-electron chi connectivity index (χ4n) is 1.55. The van der Waals surface area contributed by atoms with Gasteiger partial charge in [0.25, 0.3) is 0 Å². The molecule has 1 fully saturated rings. The molecule has 13 heavy (non-hydrogen) atoms. The van der Waals surface area contributed by atoms with Gasteiger partial charge in [0.1, 0.15) is 10.6 Å².